The molecule has 0 nitrogen and oxygen atoms in total. The van der Waals surface area contributed by atoms with Gasteiger partial charge in [0.25, 0.3) is 0 Å². The van der Waals surface area contributed by atoms with E-state index in [-0.39, 0.29) is 5.82 Å². The van der Waals surface area contributed by atoms with Gasteiger partial charge in [-0.15, -0.1) is 0 Å². The summed E-state index contributed by atoms with van der Waals surface area (Å²) in [5, 5.41) is 3.10. The lowest BCUT2D eigenvalue weighted by Gasteiger charge is -2.14. The van der Waals surface area contributed by atoms with Gasteiger partial charge < -0.3 is 0 Å². The molecule has 14 heavy (non-hydrogen) atoms. The molecule has 1 aromatic carbocycles. The summed E-state index contributed by atoms with van der Waals surface area (Å²) in [6.07, 6.45) is 6.27. The summed E-state index contributed by atoms with van der Waals surface area (Å²) in [5.41, 5.74) is 0.499. The maximum atomic E-state index is 13.5. The predicted molar refractivity (Wildman–Crippen MR) is 71.4 cm³/mol. The van der Waals surface area contributed by atoms with Gasteiger partial charge in [0.05, 0.1) is 9.13 Å². The number of hydrogen-bond donors (Lipinski definition) is 0. The zero-order valence-electron chi connectivity index (χ0n) is 8.40. The Balaban J connectivity index is 3.08. The van der Waals surface area contributed by atoms with Gasteiger partial charge in [-0.3, -0.25) is 0 Å². The Morgan fingerprint density at radius 3 is 2.50 bits per heavy atom. The average molecular weight is 322 g/mol. The summed E-state index contributed by atoms with van der Waals surface area (Å²) in [5.74, 6) is 2.70. The maximum absolute atomic E-state index is 13.5. The maximum Gasteiger partial charge on any atom is 0.152 e. The Bertz CT molecular complexity index is 396. The SMILES string of the molecule is CS(C)(C)C#Cc1cccc(I)c1F. The second kappa shape index (κ2) is 4.54. The van der Waals surface area contributed by atoms with Gasteiger partial charge in [0.1, 0.15) is 0 Å². The lowest BCUT2D eigenvalue weighted by molar-refractivity contribution is 0.617. The van der Waals surface area contributed by atoms with E-state index in [2.05, 4.69) is 29.9 Å². The second-order valence-corrected chi connectivity index (χ2v) is 8.71. The molecule has 0 spiro atoms. The van der Waals surface area contributed by atoms with Crippen LogP contribution < -0.4 is 0 Å². The Labute approximate surface area is 99.7 Å². The van der Waals surface area contributed by atoms with E-state index in [9.17, 15) is 4.39 Å². The normalized spacial score (nSPS) is 11.8. The van der Waals surface area contributed by atoms with Crippen molar-refractivity contribution >= 4 is 32.6 Å². The topological polar surface area (TPSA) is 0 Å². The van der Waals surface area contributed by atoms with Crippen LogP contribution in [0.15, 0.2) is 18.2 Å². The highest BCUT2D eigenvalue weighted by Crippen LogP contribution is 2.32. The van der Waals surface area contributed by atoms with Crippen molar-refractivity contribution in [1.29, 1.82) is 0 Å². The minimum Gasteiger partial charge on any atom is -0.204 e. The fraction of sp³-hybridized carbons (Fsp3) is 0.273. The van der Waals surface area contributed by atoms with Gasteiger partial charge in [-0.05, 0) is 58.7 Å². The minimum atomic E-state index is -0.882. The van der Waals surface area contributed by atoms with E-state index in [0.717, 1.165) is 0 Å². The first-order chi connectivity index (χ1) is 6.40. The van der Waals surface area contributed by atoms with Crippen molar-refractivity contribution in [3.8, 4) is 11.2 Å². The van der Waals surface area contributed by atoms with Gasteiger partial charge in [-0.1, -0.05) is 12.0 Å². The molecular formula is C11H12FIS. The van der Waals surface area contributed by atoms with Crippen molar-refractivity contribution in [3.63, 3.8) is 0 Å². The molecule has 0 aliphatic heterocycles. The van der Waals surface area contributed by atoms with E-state index in [1.165, 1.54) is 0 Å². The molecule has 0 saturated heterocycles. The summed E-state index contributed by atoms with van der Waals surface area (Å²) < 4.78 is 14.1. The van der Waals surface area contributed by atoms with Crippen LogP contribution in [0, 0.1) is 20.6 Å². The summed E-state index contributed by atoms with van der Waals surface area (Å²) in [7, 11) is -0.882. The standard InChI is InChI=1S/C11H12FIS/c1-14(2,3)8-7-9-5-4-6-10(13)11(9)12/h4-6H,1-3H3. The summed E-state index contributed by atoms with van der Waals surface area (Å²) in [6, 6.07) is 5.29. The van der Waals surface area contributed by atoms with Crippen molar-refractivity contribution in [3.05, 3.63) is 33.1 Å². The monoisotopic (exact) mass is 322 g/mol. The van der Waals surface area contributed by atoms with E-state index in [1.807, 2.05) is 28.7 Å². The number of benzene rings is 1. The van der Waals surface area contributed by atoms with Crippen molar-refractivity contribution in [2.24, 2.45) is 0 Å². The largest absolute Gasteiger partial charge is 0.204 e. The highest BCUT2D eigenvalue weighted by molar-refractivity contribution is 14.1. The Morgan fingerprint density at radius 2 is 1.93 bits per heavy atom. The van der Waals surface area contributed by atoms with Crippen LogP contribution in [-0.2, 0) is 0 Å². The van der Waals surface area contributed by atoms with Crippen LogP contribution in [0.2, 0.25) is 0 Å². The van der Waals surface area contributed by atoms with Crippen LogP contribution in [0.4, 0.5) is 4.39 Å². The molecule has 0 N–H and O–H groups in total. The van der Waals surface area contributed by atoms with Gasteiger partial charge in [-0.2, -0.15) is 10.0 Å². The van der Waals surface area contributed by atoms with Crippen LogP contribution in [0.3, 0.4) is 0 Å². The van der Waals surface area contributed by atoms with Crippen molar-refractivity contribution in [2.45, 2.75) is 0 Å². The number of hydrogen-bond acceptors (Lipinski definition) is 0. The smallest absolute Gasteiger partial charge is 0.152 e. The Hall–Kier alpha value is -0.210. The fourth-order valence-electron chi connectivity index (χ4n) is 0.808. The quantitative estimate of drug-likeness (QED) is 0.507. The second-order valence-electron chi connectivity index (χ2n) is 3.67. The first-order valence-corrected chi connectivity index (χ1v) is 7.99. The van der Waals surface area contributed by atoms with E-state index in [0.29, 0.717) is 9.13 Å². The van der Waals surface area contributed by atoms with E-state index in [1.54, 1.807) is 12.1 Å². The molecule has 1 rings (SSSR count). The molecule has 0 heterocycles. The summed E-state index contributed by atoms with van der Waals surface area (Å²) in [6.45, 7) is 0. The molecule has 0 atom stereocenters. The lowest BCUT2D eigenvalue weighted by Crippen LogP contribution is -1.89. The van der Waals surface area contributed by atoms with Crippen molar-refractivity contribution in [2.75, 3.05) is 18.8 Å². The van der Waals surface area contributed by atoms with Gasteiger partial charge in [-0.25, -0.2) is 4.39 Å². The molecule has 0 radical (unpaired) electrons. The molecule has 0 aliphatic rings. The first kappa shape index (κ1) is 11.9. The van der Waals surface area contributed by atoms with Gasteiger partial charge >= 0.3 is 0 Å². The molecule has 76 valence electrons. The van der Waals surface area contributed by atoms with Crippen molar-refractivity contribution < 1.29 is 4.39 Å². The predicted octanol–water partition coefficient (Wildman–Crippen LogP) is 3.43. The third-order valence-corrected chi connectivity index (χ3v) is 2.99. The minimum absolute atomic E-state index is 0.204. The van der Waals surface area contributed by atoms with Crippen LogP contribution in [-0.4, -0.2) is 18.8 Å². The highest BCUT2D eigenvalue weighted by Gasteiger charge is 2.03. The average Bonchev–Trinajstić information content (AvgIpc) is 2.06. The third-order valence-electron chi connectivity index (χ3n) is 1.44. The van der Waals surface area contributed by atoms with Crippen LogP contribution in [0.5, 0.6) is 0 Å². The van der Waals surface area contributed by atoms with Crippen molar-refractivity contribution in [1.82, 2.24) is 0 Å². The molecule has 0 amide bonds. The summed E-state index contributed by atoms with van der Waals surface area (Å²) >= 11 is 1.97. The molecular weight excluding hydrogens is 310 g/mol. The van der Waals surface area contributed by atoms with Gasteiger partial charge in [0, 0.05) is 0 Å². The zero-order valence-corrected chi connectivity index (χ0v) is 11.4. The van der Waals surface area contributed by atoms with Gasteiger partial charge in [0.15, 0.2) is 5.82 Å². The van der Waals surface area contributed by atoms with Gasteiger partial charge in [0.2, 0.25) is 0 Å². The first-order valence-electron chi connectivity index (χ1n) is 4.05. The molecule has 0 fully saturated rings. The molecule has 0 saturated carbocycles. The van der Waals surface area contributed by atoms with E-state index >= 15 is 0 Å². The molecule has 0 bridgehead atoms. The van der Waals surface area contributed by atoms with E-state index < -0.39 is 10.0 Å². The molecule has 0 aromatic heterocycles. The lowest BCUT2D eigenvalue weighted by atomic mass is 10.2. The molecule has 1 aromatic rings. The van der Waals surface area contributed by atoms with Crippen LogP contribution >= 0.6 is 32.6 Å². The molecule has 0 unspecified atom stereocenters. The zero-order chi connectivity index (χ0) is 10.8. The summed E-state index contributed by atoms with van der Waals surface area (Å²) in [4.78, 5) is 0. The fourth-order valence-corrected chi connectivity index (χ4v) is 1.72. The Kier molecular flexibility index (Phi) is 3.85. The highest BCUT2D eigenvalue weighted by atomic mass is 127. The Morgan fingerprint density at radius 1 is 1.29 bits per heavy atom. The van der Waals surface area contributed by atoms with Crippen LogP contribution in [0.1, 0.15) is 5.56 Å². The number of rotatable bonds is 0. The van der Waals surface area contributed by atoms with Crippen LogP contribution in [0.25, 0.3) is 0 Å². The van der Waals surface area contributed by atoms with E-state index in [4.69, 9.17) is 0 Å². The molecule has 0 aliphatic carbocycles. The third kappa shape index (κ3) is 3.50. The number of halogens is 2. The molecule has 3 heteroatoms.